The summed E-state index contributed by atoms with van der Waals surface area (Å²) in [6.07, 6.45) is -8.88. The van der Waals surface area contributed by atoms with Crippen molar-refractivity contribution in [3.63, 3.8) is 0 Å². The van der Waals surface area contributed by atoms with Crippen LogP contribution in [0.3, 0.4) is 0 Å². The first-order valence-corrected chi connectivity index (χ1v) is 48.1. The molecular weight excluding hydrogens is 2230 g/mol. The van der Waals surface area contributed by atoms with Gasteiger partial charge in [0.15, 0.2) is 61.1 Å². The average Bonchev–Trinajstić information content (AvgIpc) is 0.713. The van der Waals surface area contributed by atoms with Gasteiger partial charge in [-0.3, -0.25) is 28.5 Å². The Bertz CT molecular complexity index is 6860. The van der Waals surface area contributed by atoms with E-state index in [1.165, 1.54) is 50.8 Å². The number of rotatable bonds is 28. The number of Topliss-reactive ketones (excluding diaryl/α,β-unsaturated/α-hetero) is 1. The number of nitrogens with one attached hydrogen (secondary N) is 6. The maximum absolute atomic E-state index is 14.9. The minimum absolute atomic E-state index is 0. The van der Waals surface area contributed by atoms with Crippen molar-refractivity contribution in [2.75, 3.05) is 77.8 Å². The number of anilines is 6. The smallest absolute Gasteiger partial charge is 0.408 e. The minimum Gasteiger partial charge on any atom is -0.481 e. The van der Waals surface area contributed by atoms with Crippen molar-refractivity contribution in [1.29, 1.82) is 0 Å². The number of aliphatic hydroxyl groups is 6. The molecule has 808 valence electrons. The molecule has 2 bridgehead atoms. The number of imidazole rings is 2. The standard InChI is InChI=1S/C43H53NO14.C20H22N8O5.C14H19Cl2NO2.C9H11F2N3O4.C5H5N5S.C5H4N4S.Pt/c1-22-26(55-37(51)32(48)30(24-15-11-9-12-16-24)44-38(52)58-39(3,4)5)20-43(53)35(56-36(50)25-17-13-10-14-18-25)33-41(8,34(49)31(47)29(22)40(43,6)7)27(46)19-28-42(33,21-54-28)57-23(2)45;1-28(9-11-8-23-17-15(24-11)16(21)26-20(22)27-17)12-4-2-10(3-5-12)18(31)25-13(19(32)33)6-7-14(29)30;15-8-10-17(11-9-16)13-6-4-12(5-7-13)2-1-3-14(18)19;10-9(11)6(16)4(3-15)18-7(9)14-2-1-5(12)13-8(14)17;6-5-9-3-2(4(11)10-5)7-1-8-3;10-5-3-4(7-1-6-3)8-2-9-5;/h9-18,26-28,30-33,35,46-48,53H,19-21H2,1-8H3,(H,44,52);2-5,8,13H,6-7,9H2,1H3,(H,25,31)(H,29,30)(H,32,33)(H4,21,22,23,26,27);4-7H,1-3,8-11H2,(H,18,19);1-2,4,6-7,15-16H,3H2,(H2,12,13,17);1H,(H4,6,7,8,9,10,11);1-2H,(H2,6,7,8,9,10);/t26-,27-,28+,30-,31+,32+,33-,35-,41+,42-,43+;13-;;4-,6-,7-;;;/m00.1.../s1. The van der Waals surface area contributed by atoms with Gasteiger partial charge in [0.05, 0.1) is 79.7 Å². The van der Waals surface area contributed by atoms with E-state index in [1.807, 2.05) is 36.2 Å². The van der Waals surface area contributed by atoms with Gasteiger partial charge in [-0.2, -0.15) is 23.7 Å². The second-order valence-electron chi connectivity index (χ2n) is 36.8. The summed E-state index contributed by atoms with van der Waals surface area (Å²) in [6.45, 7) is 12.9. The number of carboxylic acids is 3. The molecule has 47 nitrogen and oxygen atoms in total. The fourth-order valence-electron chi connectivity index (χ4n) is 17.9. The van der Waals surface area contributed by atoms with E-state index in [-0.39, 0.29) is 99.2 Å². The first-order valence-electron chi connectivity index (χ1n) is 46.2. The molecule has 3 aliphatic carbocycles. The van der Waals surface area contributed by atoms with Crippen molar-refractivity contribution in [2.24, 2.45) is 16.7 Å². The van der Waals surface area contributed by atoms with Crippen LogP contribution >= 0.6 is 47.6 Å². The Hall–Kier alpha value is -13.7. The van der Waals surface area contributed by atoms with Gasteiger partial charge >= 0.3 is 53.5 Å². The molecule has 2 saturated heterocycles. The molecule has 9 heterocycles. The molecule has 7 aromatic heterocycles. The number of ether oxygens (including phenoxy) is 6. The van der Waals surface area contributed by atoms with Crippen molar-refractivity contribution >= 4 is 170 Å². The van der Waals surface area contributed by atoms with Crippen molar-refractivity contribution in [3.05, 3.63) is 205 Å². The third-order valence-corrected chi connectivity index (χ3v) is 26.3. The van der Waals surface area contributed by atoms with Crippen LogP contribution in [0.1, 0.15) is 144 Å². The molecule has 23 N–H and O–H groups in total. The Balaban J connectivity index is 0.000000208. The molecule has 150 heavy (non-hydrogen) atoms. The Morgan fingerprint density at radius 2 is 1.36 bits per heavy atom. The first-order chi connectivity index (χ1) is 70.3. The molecule has 54 heteroatoms. The maximum atomic E-state index is 14.9. The van der Waals surface area contributed by atoms with Crippen LogP contribution < -0.4 is 49.1 Å². The fraction of sp³-hybridized carbons (Fsp3) is 0.427. The number of aromatic amines is 4. The van der Waals surface area contributed by atoms with Crippen molar-refractivity contribution in [2.45, 2.75) is 197 Å². The van der Waals surface area contributed by atoms with Crippen LogP contribution in [0.2, 0.25) is 0 Å². The van der Waals surface area contributed by atoms with Gasteiger partial charge in [-0.15, -0.1) is 23.2 Å². The number of amides is 2. The van der Waals surface area contributed by atoms with E-state index in [0.717, 1.165) is 66.8 Å². The fourth-order valence-corrected chi connectivity index (χ4v) is 18.7. The average molecular weight is 2340 g/mol. The van der Waals surface area contributed by atoms with Crippen LogP contribution in [0, 0.1) is 26.0 Å². The number of nitrogens with two attached hydrogens (primary N) is 4. The van der Waals surface area contributed by atoms with Crippen molar-refractivity contribution in [1.82, 2.24) is 80.0 Å². The summed E-state index contributed by atoms with van der Waals surface area (Å²) in [7, 11) is 1.82. The number of aliphatic hydroxyl groups excluding tert-OH is 5. The number of nitrogens with zero attached hydrogens (tertiary/aromatic N) is 12. The number of nitrogen functional groups attached to an aromatic ring is 4. The Labute approximate surface area is 888 Å². The number of hydrogen-bond donors (Lipinski definition) is 19. The number of ketones is 1. The number of alkyl carbamates (subject to hydrolysis) is 1. The van der Waals surface area contributed by atoms with Crippen LogP contribution in [0.4, 0.5) is 48.5 Å². The van der Waals surface area contributed by atoms with Crippen molar-refractivity contribution in [3.8, 4) is 0 Å². The molecule has 15 atom stereocenters. The maximum Gasteiger partial charge on any atom is 0.408 e. The Kier molecular flexibility index (Phi) is 40.0. The van der Waals surface area contributed by atoms with Gasteiger partial charge in [-0.05, 0) is 131 Å². The number of carbonyl (C=O) groups excluding carboxylic acids is 6. The number of aromatic nitrogens is 14. The van der Waals surface area contributed by atoms with Gasteiger partial charge in [0.1, 0.15) is 64.6 Å². The largest absolute Gasteiger partial charge is 0.481 e. The summed E-state index contributed by atoms with van der Waals surface area (Å²) < 4.78 is 63.2. The second-order valence-corrected chi connectivity index (χ2v) is 38.3. The molecule has 4 aromatic carbocycles. The molecule has 0 spiro atoms. The molecule has 5 aliphatic rings. The number of carboxylic acid groups (broad SMARTS) is 3. The summed E-state index contributed by atoms with van der Waals surface area (Å²) in [5, 5.41) is 98.5. The summed E-state index contributed by atoms with van der Waals surface area (Å²) in [4.78, 5) is 176. The van der Waals surface area contributed by atoms with Gasteiger partial charge in [0, 0.05) is 114 Å². The number of aryl methyl sites for hydroxylation is 1. The zero-order valence-electron chi connectivity index (χ0n) is 82.1. The summed E-state index contributed by atoms with van der Waals surface area (Å²) in [5.74, 6) is -11.4. The van der Waals surface area contributed by atoms with E-state index in [9.17, 15) is 87.4 Å². The molecule has 2 amide bonds. The molecule has 0 unspecified atom stereocenters. The number of alkyl halides is 4. The number of fused-ring (bicyclic) bond motifs is 8. The minimum atomic E-state index is -3.71. The van der Waals surface area contributed by atoms with Crippen molar-refractivity contribution < 1.29 is 147 Å². The van der Waals surface area contributed by atoms with Crippen LogP contribution in [0.25, 0.3) is 33.5 Å². The molecule has 2 aliphatic heterocycles. The normalized spacial score (nSPS) is 22.0. The SMILES string of the molecule is CC(=O)O[C@@]12CO[C@@H]1C[C@H](O)[C@@]1(C)C(=O)[C@H](O)C3=C(C)[C@@H](OC(=O)[C@H](O)[C@@H](NC(=O)OC(C)(C)C)c4ccccc4)C[C@@](O)([C@@H](OC(=O)c4ccccc4)[C@H]21)C3(C)C.CN(Cc1cnc2nc(N)nc(N)c2n1)c1ccc(C(=O)N[C@@H](CCC(=O)O)C(=O)O)cc1.Nc1ccn([C@@H]2O[C@H](CO)[C@@H](O)C2(F)F)c(=O)n1.Nc1nc(=S)c2[nH]cnc2[nH]1.O=C(O)CCCc1ccc(N(CCCl)CCCl)cc1.S=c1nc[nH]c2nc[nH]c12.[Pt]. The number of carbonyl (C=O) groups is 9. The molecule has 0 radical (unpaired) electrons. The zero-order valence-corrected chi connectivity index (χ0v) is 87.5. The van der Waals surface area contributed by atoms with Gasteiger partial charge < -0.3 is 138 Å². The summed E-state index contributed by atoms with van der Waals surface area (Å²) in [5.41, 5.74) is 20.3. The van der Waals surface area contributed by atoms with Crippen LogP contribution in [0.5, 0.6) is 0 Å². The summed E-state index contributed by atoms with van der Waals surface area (Å²) >= 11 is 21.4. The van der Waals surface area contributed by atoms with Gasteiger partial charge in [-0.25, -0.2) is 53.9 Å². The van der Waals surface area contributed by atoms with Crippen LogP contribution in [-0.4, -0.2) is 292 Å². The number of esters is 3. The molecule has 4 fully saturated rings. The number of hydrogen-bond acceptors (Lipinski definition) is 39. The van der Waals surface area contributed by atoms with E-state index >= 15 is 0 Å². The molecule has 2 saturated carbocycles. The zero-order chi connectivity index (χ0) is 109. The van der Waals surface area contributed by atoms with Gasteiger partial charge in [0.25, 0.3) is 5.91 Å². The Morgan fingerprint density at radius 1 is 0.747 bits per heavy atom. The first kappa shape index (κ1) is 118. The molecule has 16 rings (SSSR count). The predicted molar refractivity (Wildman–Crippen MR) is 540 cm³/mol. The molecule has 11 aromatic rings. The number of aliphatic carboxylic acids is 3. The second kappa shape index (κ2) is 50.7. The molecular formula is C96H114Cl2F2N22O25PtS2. The predicted octanol–water partition coefficient (Wildman–Crippen LogP) is 7.23. The van der Waals surface area contributed by atoms with E-state index in [4.69, 9.17) is 114 Å². The van der Waals surface area contributed by atoms with Gasteiger partial charge in [-0.1, -0.05) is 98.9 Å². The number of halogens is 4. The third-order valence-electron chi connectivity index (χ3n) is 25.4. The van der Waals surface area contributed by atoms with Gasteiger partial charge in [0.2, 0.25) is 18.1 Å². The number of benzene rings is 4. The van der Waals surface area contributed by atoms with E-state index in [2.05, 4.69) is 80.3 Å². The summed E-state index contributed by atoms with van der Waals surface area (Å²) in [6, 6.07) is 29.1. The van der Waals surface area contributed by atoms with Crippen LogP contribution in [-0.2, 0) is 91.2 Å². The topological polar surface area (TPSA) is 727 Å². The quantitative estimate of drug-likeness (QED) is 0.00755. The Morgan fingerprint density at radius 3 is 1.93 bits per heavy atom. The van der Waals surface area contributed by atoms with E-state index in [0.29, 0.717) is 72.2 Å². The number of H-pyrrole nitrogens is 4. The van der Waals surface area contributed by atoms with E-state index in [1.54, 1.807) is 108 Å². The van der Waals surface area contributed by atoms with Crippen LogP contribution in [0.15, 0.2) is 163 Å². The van der Waals surface area contributed by atoms with E-state index < -0.39 is 179 Å². The third kappa shape index (κ3) is 27.7. The monoisotopic (exact) mass is 2340 g/mol.